The zero-order chi connectivity index (χ0) is 21.9. The summed E-state index contributed by atoms with van der Waals surface area (Å²) in [4.78, 5) is 16.0. The number of benzene rings is 1. The Balaban J connectivity index is 1.79. The van der Waals surface area contributed by atoms with Crippen molar-refractivity contribution in [3.8, 4) is 0 Å². The standard InChI is InChI=1S/C19H24ClN5O4S/c1-2-29-18(26)11-3-5-12(6-4-11)25-30(27,28)13-7-8-14-15(9-13)17(24-19(21)22)23-10-16(14)20/h7-12,25H,2-6H2,1H3,(H4,21,22,23,24)/t11-,12-. The summed E-state index contributed by atoms with van der Waals surface area (Å²) in [7, 11) is -3.81. The molecular formula is C19H24ClN5O4S. The highest BCUT2D eigenvalue weighted by molar-refractivity contribution is 7.89. The molecule has 0 aliphatic heterocycles. The van der Waals surface area contributed by atoms with Crippen molar-refractivity contribution in [3.63, 3.8) is 0 Å². The fourth-order valence-corrected chi connectivity index (χ4v) is 5.12. The molecule has 5 N–H and O–H groups in total. The Morgan fingerprint density at radius 2 is 2.00 bits per heavy atom. The fraction of sp³-hybridized carbons (Fsp3) is 0.421. The Kier molecular flexibility index (Phi) is 6.79. The average molecular weight is 454 g/mol. The monoisotopic (exact) mass is 453 g/mol. The highest BCUT2D eigenvalue weighted by Gasteiger charge is 2.30. The van der Waals surface area contributed by atoms with E-state index < -0.39 is 10.0 Å². The van der Waals surface area contributed by atoms with E-state index in [9.17, 15) is 13.2 Å². The maximum absolute atomic E-state index is 12.9. The predicted molar refractivity (Wildman–Crippen MR) is 115 cm³/mol. The lowest BCUT2D eigenvalue weighted by atomic mass is 9.86. The van der Waals surface area contributed by atoms with Gasteiger partial charge in [-0.25, -0.2) is 18.1 Å². The van der Waals surface area contributed by atoms with E-state index in [-0.39, 0.29) is 34.6 Å². The van der Waals surface area contributed by atoms with Crippen LogP contribution >= 0.6 is 11.6 Å². The number of hydrogen-bond acceptors (Lipinski definition) is 6. The normalized spacial score (nSPS) is 19.4. The van der Waals surface area contributed by atoms with Gasteiger partial charge in [0.25, 0.3) is 0 Å². The number of carbonyl (C=O) groups is 1. The number of guanidine groups is 1. The van der Waals surface area contributed by atoms with Crippen LogP contribution in [0, 0.1) is 11.3 Å². The summed E-state index contributed by atoms with van der Waals surface area (Å²) < 4.78 is 33.6. The third-order valence-electron chi connectivity index (χ3n) is 5.04. The van der Waals surface area contributed by atoms with E-state index in [1.54, 1.807) is 13.0 Å². The number of nitrogens with one attached hydrogen (secondary N) is 3. The van der Waals surface area contributed by atoms with Crippen molar-refractivity contribution in [3.05, 3.63) is 29.4 Å². The Labute approximate surface area is 179 Å². The Morgan fingerprint density at radius 1 is 1.30 bits per heavy atom. The van der Waals surface area contributed by atoms with Gasteiger partial charge in [-0.1, -0.05) is 17.7 Å². The van der Waals surface area contributed by atoms with Crippen LogP contribution in [0.2, 0.25) is 5.02 Å². The second kappa shape index (κ2) is 9.15. The van der Waals surface area contributed by atoms with Gasteiger partial charge in [0.2, 0.25) is 10.0 Å². The number of carbonyl (C=O) groups excluding carboxylic acids is 1. The second-order valence-electron chi connectivity index (χ2n) is 7.12. The first kappa shape index (κ1) is 22.3. The number of hydrogen-bond donors (Lipinski definition) is 4. The highest BCUT2D eigenvalue weighted by atomic mass is 35.5. The molecule has 0 radical (unpaired) electrons. The molecule has 1 saturated carbocycles. The maximum Gasteiger partial charge on any atom is 0.308 e. The van der Waals surface area contributed by atoms with Crippen molar-refractivity contribution in [2.24, 2.45) is 11.7 Å². The number of nitrogens with two attached hydrogens (primary N) is 1. The number of fused-ring (bicyclic) bond motifs is 1. The Morgan fingerprint density at radius 3 is 2.63 bits per heavy atom. The number of nitrogens with zero attached hydrogens (tertiary/aromatic N) is 1. The van der Waals surface area contributed by atoms with Crippen LogP contribution in [0.25, 0.3) is 10.8 Å². The van der Waals surface area contributed by atoms with E-state index in [2.05, 4.69) is 15.0 Å². The molecule has 0 atom stereocenters. The lowest BCUT2D eigenvalue weighted by Crippen LogP contribution is -2.39. The fourth-order valence-electron chi connectivity index (χ4n) is 3.58. The summed E-state index contributed by atoms with van der Waals surface area (Å²) >= 11 is 6.17. The van der Waals surface area contributed by atoms with Crippen molar-refractivity contribution in [1.82, 2.24) is 9.71 Å². The molecule has 0 spiro atoms. The second-order valence-corrected chi connectivity index (χ2v) is 9.24. The molecule has 0 amide bonds. The van der Waals surface area contributed by atoms with Crippen LogP contribution in [0.15, 0.2) is 29.3 Å². The molecule has 2 aromatic rings. The Hall–Kier alpha value is -2.43. The minimum atomic E-state index is -3.81. The minimum absolute atomic E-state index is 0.0539. The summed E-state index contributed by atoms with van der Waals surface area (Å²) in [6, 6.07) is 4.25. The molecule has 1 aromatic carbocycles. The van der Waals surface area contributed by atoms with Crippen molar-refractivity contribution in [2.75, 3.05) is 11.9 Å². The van der Waals surface area contributed by atoms with Crippen molar-refractivity contribution in [1.29, 1.82) is 5.41 Å². The van der Waals surface area contributed by atoms with Crippen molar-refractivity contribution < 1.29 is 17.9 Å². The van der Waals surface area contributed by atoms with Gasteiger partial charge >= 0.3 is 5.97 Å². The van der Waals surface area contributed by atoms with Gasteiger partial charge in [0, 0.05) is 23.0 Å². The van der Waals surface area contributed by atoms with Gasteiger partial charge in [-0.15, -0.1) is 0 Å². The molecule has 1 aliphatic rings. The summed E-state index contributed by atoms with van der Waals surface area (Å²) in [5.74, 6) is -0.479. The van der Waals surface area contributed by atoms with Crippen LogP contribution < -0.4 is 15.8 Å². The Bertz CT molecular complexity index is 1070. The van der Waals surface area contributed by atoms with Crippen LogP contribution in [0.3, 0.4) is 0 Å². The number of pyridine rings is 1. The van der Waals surface area contributed by atoms with Gasteiger partial charge in [-0.3, -0.25) is 10.2 Å². The molecule has 30 heavy (non-hydrogen) atoms. The largest absolute Gasteiger partial charge is 0.466 e. The molecule has 0 unspecified atom stereocenters. The topological polar surface area (TPSA) is 147 Å². The van der Waals surface area contributed by atoms with E-state index in [0.717, 1.165) is 0 Å². The number of aromatic nitrogens is 1. The molecule has 162 valence electrons. The third-order valence-corrected chi connectivity index (χ3v) is 6.86. The number of anilines is 1. The van der Waals surface area contributed by atoms with Gasteiger partial charge < -0.3 is 15.8 Å². The molecular weight excluding hydrogens is 430 g/mol. The smallest absolute Gasteiger partial charge is 0.308 e. The minimum Gasteiger partial charge on any atom is -0.466 e. The lowest BCUT2D eigenvalue weighted by molar-refractivity contribution is -0.149. The zero-order valence-corrected chi connectivity index (χ0v) is 18.0. The van der Waals surface area contributed by atoms with E-state index in [1.807, 2.05) is 0 Å². The van der Waals surface area contributed by atoms with Gasteiger partial charge in [-0.05, 0) is 44.7 Å². The van der Waals surface area contributed by atoms with E-state index in [1.165, 1.54) is 18.3 Å². The predicted octanol–water partition coefficient (Wildman–Crippen LogP) is 2.59. The molecule has 1 aliphatic carbocycles. The van der Waals surface area contributed by atoms with E-state index >= 15 is 0 Å². The van der Waals surface area contributed by atoms with Crippen LogP contribution in [0.5, 0.6) is 0 Å². The molecule has 9 nitrogen and oxygen atoms in total. The molecule has 0 bridgehead atoms. The quantitative estimate of drug-likeness (QED) is 0.298. The summed E-state index contributed by atoms with van der Waals surface area (Å²) in [5, 5.41) is 11.4. The third kappa shape index (κ3) is 5.00. The van der Waals surface area contributed by atoms with Crippen molar-refractivity contribution in [2.45, 2.75) is 43.5 Å². The summed E-state index contributed by atoms with van der Waals surface area (Å²) in [6.45, 7) is 2.11. The molecule has 1 heterocycles. The number of halogens is 1. The van der Waals surface area contributed by atoms with Gasteiger partial charge in [0.15, 0.2) is 5.96 Å². The first-order chi connectivity index (χ1) is 14.2. The lowest BCUT2D eigenvalue weighted by Gasteiger charge is -2.27. The van der Waals surface area contributed by atoms with Gasteiger partial charge in [0.1, 0.15) is 5.82 Å². The summed E-state index contributed by atoms with van der Waals surface area (Å²) in [5.41, 5.74) is 5.39. The van der Waals surface area contributed by atoms with Crippen LogP contribution in [-0.4, -0.2) is 38.0 Å². The summed E-state index contributed by atoms with van der Waals surface area (Å²) in [6.07, 6.45) is 3.68. The van der Waals surface area contributed by atoms with Gasteiger partial charge in [0.05, 0.1) is 22.4 Å². The van der Waals surface area contributed by atoms with Crippen LogP contribution in [0.4, 0.5) is 5.82 Å². The number of sulfonamides is 1. The molecule has 3 rings (SSSR count). The zero-order valence-electron chi connectivity index (χ0n) is 16.4. The maximum atomic E-state index is 12.9. The van der Waals surface area contributed by atoms with E-state index in [0.29, 0.717) is 48.1 Å². The molecule has 0 saturated heterocycles. The first-order valence-electron chi connectivity index (χ1n) is 9.59. The molecule has 1 aromatic heterocycles. The van der Waals surface area contributed by atoms with Crippen molar-refractivity contribution >= 4 is 50.1 Å². The highest BCUT2D eigenvalue weighted by Crippen LogP contribution is 2.31. The first-order valence-corrected chi connectivity index (χ1v) is 11.5. The van der Waals surface area contributed by atoms with Gasteiger partial charge in [-0.2, -0.15) is 0 Å². The number of esters is 1. The number of ether oxygens (including phenoxy) is 1. The van der Waals surface area contributed by atoms with E-state index in [4.69, 9.17) is 27.5 Å². The van der Waals surface area contributed by atoms with Crippen LogP contribution in [0.1, 0.15) is 32.6 Å². The average Bonchev–Trinajstić information content (AvgIpc) is 2.70. The number of rotatable bonds is 6. The molecule has 1 fully saturated rings. The van der Waals surface area contributed by atoms with Crippen LogP contribution in [-0.2, 0) is 19.6 Å². The SMILES string of the molecule is CCOC(=O)[C@H]1CC[C@H](NS(=O)(=O)c2ccc3c(Cl)cnc(NC(=N)N)c3c2)CC1. The molecule has 11 heteroatoms.